The third-order valence-corrected chi connectivity index (χ3v) is 5.05. The van der Waals surface area contributed by atoms with Crippen molar-refractivity contribution in [1.82, 2.24) is 5.32 Å². The summed E-state index contributed by atoms with van der Waals surface area (Å²) in [5, 5.41) is 12.2. The van der Waals surface area contributed by atoms with Crippen LogP contribution >= 0.6 is 11.6 Å². The van der Waals surface area contributed by atoms with E-state index < -0.39 is 29.6 Å². The molecule has 0 amide bonds. The van der Waals surface area contributed by atoms with Crippen LogP contribution in [0, 0.1) is 0 Å². The van der Waals surface area contributed by atoms with E-state index in [2.05, 4.69) is 5.32 Å². The summed E-state index contributed by atoms with van der Waals surface area (Å²) < 4.78 is 5.33. The molecule has 1 aromatic rings. The summed E-state index contributed by atoms with van der Waals surface area (Å²) in [5.74, 6) is -2.09. The molecule has 7 nitrogen and oxygen atoms in total. The molecule has 8 heteroatoms. The second kappa shape index (κ2) is 8.62. The number of likely N-dealkylation sites (N-methyl/N-ethyl adjacent to an activating group) is 1. The highest BCUT2D eigenvalue weighted by Gasteiger charge is 2.47. The lowest BCUT2D eigenvalue weighted by Gasteiger charge is -2.39. The van der Waals surface area contributed by atoms with Gasteiger partial charge in [-0.25, -0.2) is 0 Å². The molecule has 0 bridgehead atoms. The number of benzene rings is 1. The first kappa shape index (κ1) is 20.4. The number of carbonyl (C=O) groups excluding carboxylic acids is 2. The molecule has 0 aliphatic heterocycles. The highest BCUT2D eigenvalue weighted by molar-refractivity contribution is 6.31. The van der Waals surface area contributed by atoms with Crippen LogP contribution in [0.25, 0.3) is 0 Å². The molecule has 1 fully saturated rings. The number of esters is 1. The fourth-order valence-corrected chi connectivity index (χ4v) is 3.57. The normalized spacial score (nSPS) is 24.1. The Morgan fingerprint density at radius 1 is 1.46 bits per heavy atom. The maximum absolute atomic E-state index is 13.1. The lowest BCUT2D eigenvalue weighted by molar-refractivity contribution is -0.161. The minimum Gasteiger partial charge on any atom is -0.481 e. The number of carbonyl (C=O) groups is 3. The Balaban J connectivity index is 2.17. The molecule has 0 aromatic heterocycles. The van der Waals surface area contributed by atoms with E-state index in [0.717, 1.165) is 0 Å². The number of ether oxygens (including phenoxy) is 1. The second-order valence-electron chi connectivity index (χ2n) is 6.36. The predicted octanol–water partition coefficient (Wildman–Crippen LogP) is 1.61. The van der Waals surface area contributed by atoms with Crippen LogP contribution in [0.5, 0.6) is 0 Å². The number of carboxylic acids is 1. The molecule has 1 aromatic carbocycles. The Hall–Kier alpha value is -1.96. The maximum Gasteiger partial charge on any atom is 0.323 e. The number of hydrogen-bond donors (Lipinski definition) is 3. The molecule has 26 heavy (non-hydrogen) atoms. The highest BCUT2D eigenvalue weighted by Crippen LogP contribution is 2.38. The van der Waals surface area contributed by atoms with E-state index in [1.165, 1.54) is 0 Å². The van der Waals surface area contributed by atoms with Crippen molar-refractivity contribution in [3.63, 3.8) is 0 Å². The quantitative estimate of drug-likeness (QED) is 0.613. The first-order valence-corrected chi connectivity index (χ1v) is 8.85. The Bertz CT molecular complexity index is 696. The minimum absolute atomic E-state index is 0.0449. The van der Waals surface area contributed by atoms with Gasteiger partial charge in [0.1, 0.15) is 11.6 Å². The molecule has 142 valence electrons. The van der Waals surface area contributed by atoms with Crippen molar-refractivity contribution < 1.29 is 24.2 Å². The standard InChI is InChI=1S/C18H23ClN2O5/c1-21-18(11-5-2-3-6-12(11)19)10-4-7-14(16(18)24)26-17(25)13(20)8-9-15(22)23/h2-3,5-6,13-14,21H,4,7-10,20H2,1H3,(H,22,23)/t13-,14+,18+/m0/s1. The molecule has 4 N–H and O–H groups in total. The Morgan fingerprint density at radius 2 is 2.15 bits per heavy atom. The van der Waals surface area contributed by atoms with Gasteiger partial charge in [0, 0.05) is 11.4 Å². The summed E-state index contributed by atoms with van der Waals surface area (Å²) in [4.78, 5) is 35.9. The zero-order valence-electron chi connectivity index (χ0n) is 14.5. The van der Waals surface area contributed by atoms with Crippen LogP contribution < -0.4 is 11.1 Å². The zero-order chi connectivity index (χ0) is 19.3. The number of halogens is 1. The third kappa shape index (κ3) is 4.23. The van der Waals surface area contributed by atoms with Crippen molar-refractivity contribution in [2.45, 2.75) is 49.8 Å². The van der Waals surface area contributed by atoms with Crippen LogP contribution in [-0.4, -0.2) is 42.0 Å². The van der Waals surface area contributed by atoms with E-state index in [4.69, 9.17) is 27.2 Å². The number of hydrogen-bond acceptors (Lipinski definition) is 6. The van der Waals surface area contributed by atoms with Crippen molar-refractivity contribution in [2.24, 2.45) is 5.73 Å². The lowest BCUT2D eigenvalue weighted by Crippen LogP contribution is -2.56. The maximum atomic E-state index is 13.1. The average molecular weight is 383 g/mol. The summed E-state index contributed by atoms with van der Waals surface area (Å²) in [6.45, 7) is 0. The van der Waals surface area contributed by atoms with Gasteiger partial charge in [-0.3, -0.25) is 14.4 Å². The van der Waals surface area contributed by atoms with Crippen molar-refractivity contribution >= 4 is 29.3 Å². The number of nitrogens with one attached hydrogen (secondary N) is 1. The molecule has 0 radical (unpaired) electrons. The second-order valence-corrected chi connectivity index (χ2v) is 6.76. The van der Waals surface area contributed by atoms with Crippen LogP contribution in [0.2, 0.25) is 5.02 Å². The first-order chi connectivity index (χ1) is 12.3. The summed E-state index contributed by atoms with van der Waals surface area (Å²) in [5.41, 5.74) is 5.29. The van der Waals surface area contributed by atoms with Crippen LogP contribution in [0.4, 0.5) is 0 Å². The van der Waals surface area contributed by atoms with Crippen LogP contribution in [-0.2, 0) is 24.7 Å². The smallest absolute Gasteiger partial charge is 0.323 e. The van der Waals surface area contributed by atoms with Crippen molar-refractivity contribution in [3.8, 4) is 0 Å². The number of rotatable bonds is 7. The molecular weight excluding hydrogens is 360 g/mol. The molecule has 1 aliphatic carbocycles. The molecule has 3 atom stereocenters. The molecule has 0 spiro atoms. The summed E-state index contributed by atoms with van der Waals surface area (Å²) in [6, 6.07) is 5.98. The van der Waals surface area contributed by atoms with Gasteiger partial charge in [0.2, 0.25) is 0 Å². The molecular formula is C18H23ClN2O5. The van der Waals surface area contributed by atoms with Crippen molar-refractivity contribution in [2.75, 3.05) is 7.05 Å². The van der Waals surface area contributed by atoms with Gasteiger partial charge >= 0.3 is 11.9 Å². The third-order valence-electron chi connectivity index (χ3n) is 4.72. The molecule has 0 unspecified atom stereocenters. The first-order valence-electron chi connectivity index (χ1n) is 8.48. The fourth-order valence-electron chi connectivity index (χ4n) is 3.28. The van der Waals surface area contributed by atoms with Gasteiger partial charge in [0.25, 0.3) is 0 Å². The van der Waals surface area contributed by atoms with Gasteiger partial charge in [0.05, 0.1) is 0 Å². The van der Waals surface area contributed by atoms with Gasteiger partial charge in [-0.2, -0.15) is 0 Å². The number of carboxylic acid groups (broad SMARTS) is 1. The van der Waals surface area contributed by atoms with E-state index in [1.54, 1.807) is 31.3 Å². The highest BCUT2D eigenvalue weighted by atomic mass is 35.5. The molecule has 0 saturated heterocycles. The Morgan fingerprint density at radius 3 is 2.77 bits per heavy atom. The van der Waals surface area contributed by atoms with Gasteiger partial charge in [-0.1, -0.05) is 29.8 Å². The Kier molecular flexibility index (Phi) is 6.75. The van der Waals surface area contributed by atoms with E-state index >= 15 is 0 Å². The van der Waals surface area contributed by atoms with Gasteiger partial charge in [0.15, 0.2) is 11.9 Å². The number of ketones is 1. The average Bonchev–Trinajstić information content (AvgIpc) is 2.62. The molecule has 0 heterocycles. The summed E-state index contributed by atoms with van der Waals surface area (Å²) in [6.07, 6.45) is 0.344. The van der Waals surface area contributed by atoms with Gasteiger partial charge < -0.3 is 20.9 Å². The lowest BCUT2D eigenvalue weighted by atomic mass is 9.74. The van der Waals surface area contributed by atoms with Crippen LogP contribution in [0.3, 0.4) is 0 Å². The zero-order valence-corrected chi connectivity index (χ0v) is 15.3. The molecule has 1 aliphatic rings. The van der Waals surface area contributed by atoms with E-state index in [1.807, 2.05) is 0 Å². The predicted molar refractivity (Wildman–Crippen MR) is 95.8 cm³/mol. The van der Waals surface area contributed by atoms with E-state index in [9.17, 15) is 14.4 Å². The number of aliphatic carboxylic acids is 1. The van der Waals surface area contributed by atoms with Crippen LogP contribution in [0.1, 0.15) is 37.7 Å². The monoisotopic (exact) mass is 382 g/mol. The summed E-state index contributed by atoms with van der Waals surface area (Å²) >= 11 is 6.29. The fraction of sp³-hybridized carbons (Fsp3) is 0.500. The van der Waals surface area contributed by atoms with Crippen molar-refractivity contribution in [3.05, 3.63) is 34.9 Å². The van der Waals surface area contributed by atoms with Crippen LogP contribution in [0.15, 0.2) is 24.3 Å². The van der Waals surface area contributed by atoms with E-state index in [0.29, 0.717) is 29.8 Å². The Labute approximate surface area is 156 Å². The minimum atomic E-state index is -1.08. The van der Waals surface area contributed by atoms with Gasteiger partial charge in [-0.05, 0) is 44.4 Å². The topological polar surface area (TPSA) is 119 Å². The largest absolute Gasteiger partial charge is 0.481 e. The SMILES string of the molecule is CN[C@@]1(c2ccccc2Cl)CCC[C@@H](OC(=O)[C@@H](N)CCC(=O)O)C1=O. The summed E-state index contributed by atoms with van der Waals surface area (Å²) in [7, 11) is 1.67. The molecule has 2 rings (SSSR count). The van der Waals surface area contributed by atoms with E-state index in [-0.39, 0.29) is 18.6 Å². The number of nitrogens with two attached hydrogens (primary N) is 1. The number of Topliss-reactive ketones (excluding diaryl/α,β-unsaturated/α-hetero) is 1. The van der Waals surface area contributed by atoms with Gasteiger partial charge in [-0.15, -0.1) is 0 Å². The molecule has 1 saturated carbocycles. The van der Waals surface area contributed by atoms with Crippen molar-refractivity contribution in [1.29, 1.82) is 0 Å².